The van der Waals surface area contributed by atoms with Gasteiger partial charge < -0.3 is 14.2 Å². The molecule has 7 heteroatoms. The van der Waals surface area contributed by atoms with E-state index in [0.29, 0.717) is 18.1 Å². The summed E-state index contributed by atoms with van der Waals surface area (Å²) in [6.07, 6.45) is 4.33. The van der Waals surface area contributed by atoms with Gasteiger partial charge in [-0.3, -0.25) is 4.79 Å². The fourth-order valence-corrected chi connectivity index (χ4v) is 2.53. The van der Waals surface area contributed by atoms with E-state index in [9.17, 15) is 4.79 Å². The first-order valence-corrected chi connectivity index (χ1v) is 7.85. The Morgan fingerprint density at radius 1 is 1.08 bits per heavy atom. The summed E-state index contributed by atoms with van der Waals surface area (Å²) in [5.41, 5.74) is 2.43. The minimum absolute atomic E-state index is 0.0591. The van der Waals surface area contributed by atoms with Crippen LogP contribution in [0.3, 0.4) is 0 Å². The van der Waals surface area contributed by atoms with Gasteiger partial charge in [-0.2, -0.15) is 4.98 Å². The summed E-state index contributed by atoms with van der Waals surface area (Å²) >= 11 is 0. The van der Waals surface area contributed by atoms with Gasteiger partial charge in [0.15, 0.2) is 5.82 Å². The lowest BCUT2D eigenvalue weighted by Gasteiger charge is -2.01. The first-order valence-electron chi connectivity index (χ1n) is 7.85. The van der Waals surface area contributed by atoms with Gasteiger partial charge >= 0.3 is 0 Å². The van der Waals surface area contributed by atoms with Crippen LogP contribution < -0.4 is 5.32 Å². The van der Waals surface area contributed by atoms with Crippen molar-refractivity contribution < 1.29 is 9.32 Å². The second-order valence-corrected chi connectivity index (χ2v) is 5.57. The van der Waals surface area contributed by atoms with E-state index in [0.717, 1.165) is 17.0 Å². The number of imidazole rings is 1. The maximum Gasteiger partial charge on any atom is 0.232 e. The van der Waals surface area contributed by atoms with Gasteiger partial charge in [0.25, 0.3) is 0 Å². The summed E-state index contributed by atoms with van der Waals surface area (Å²) in [7, 11) is 0. The molecule has 0 spiro atoms. The molecule has 0 saturated heterocycles. The minimum Gasteiger partial charge on any atom is -0.339 e. The maximum atomic E-state index is 12.0. The standard InChI is InChI=1S/C18H15N5O2/c24-17(20-13-6-2-1-3-7-13)11-15-21-18(25-22-15)10-14-12-23-9-5-4-8-16(23)19-14/h1-9,12H,10-11H2,(H,20,24). The first-order chi connectivity index (χ1) is 12.3. The van der Waals surface area contributed by atoms with Crippen LogP contribution in [0.15, 0.2) is 65.4 Å². The third-order valence-corrected chi connectivity index (χ3v) is 3.63. The number of aromatic nitrogens is 4. The molecule has 0 atom stereocenters. The van der Waals surface area contributed by atoms with Crippen LogP contribution in [0, 0.1) is 0 Å². The highest BCUT2D eigenvalue weighted by Gasteiger charge is 2.13. The zero-order chi connectivity index (χ0) is 17.1. The molecule has 4 rings (SSSR count). The molecule has 0 aliphatic carbocycles. The van der Waals surface area contributed by atoms with E-state index in [-0.39, 0.29) is 12.3 Å². The molecule has 3 heterocycles. The van der Waals surface area contributed by atoms with E-state index < -0.39 is 0 Å². The number of hydrogen-bond donors (Lipinski definition) is 1. The van der Waals surface area contributed by atoms with E-state index in [1.165, 1.54) is 0 Å². The largest absolute Gasteiger partial charge is 0.339 e. The second-order valence-electron chi connectivity index (χ2n) is 5.57. The van der Waals surface area contributed by atoms with Crippen LogP contribution in [0.4, 0.5) is 5.69 Å². The second kappa shape index (κ2) is 6.56. The first kappa shape index (κ1) is 15.1. The van der Waals surface area contributed by atoms with Crippen LogP contribution in [0.2, 0.25) is 0 Å². The Labute approximate surface area is 143 Å². The highest BCUT2D eigenvalue weighted by Crippen LogP contribution is 2.10. The SMILES string of the molecule is O=C(Cc1noc(Cc2cn3ccccc3n2)n1)Nc1ccccc1. The molecular formula is C18H15N5O2. The van der Waals surface area contributed by atoms with Crippen molar-refractivity contribution >= 4 is 17.2 Å². The quantitative estimate of drug-likeness (QED) is 0.606. The summed E-state index contributed by atoms with van der Waals surface area (Å²) in [5, 5.41) is 6.66. The van der Waals surface area contributed by atoms with Gasteiger partial charge in [0, 0.05) is 18.1 Å². The Bertz CT molecular complexity index is 973. The monoisotopic (exact) mass is 333 g/mol. The Morgan fingerprint density at radius 2 is 1.92 bits per heavy atom. The number of hydrogen-bond acceptors (Lipinski definition) is 5. The molecule has 124 valence electrons. The molecule has 4 aromatic rings. The number of benzene rings is 1. The average Bonchev–Trinajstić information content (AvgIpc) is 3.22. The number of nitrogens with zero attached hydrogens (tertiary/aromatic N) is 4. The minimum atomic E-state index is -0.189. The predicted octanol–water partition coefficient (Wildman–Crippen LogP) is 2.49. The van der Waals surface area contributed by atoms with Crippen molar-refractivity contribution in [3.8, 4) is 0 Å². The molecule has 1 amide bonds. The topological polar surface area (TPSA) is 85.3 Å². The number of nitrogens with one attached hydrogen (secondary N) is 1. The Hall–Kier alpha value is -3.48. The third kappa shape index (κ3) is 3.55. The van der Waals surface area contributed by atoms with E-state index in [1.807, 2.05) is 65.3 Å². The molecule has 0 unspecified atom stereocenters. The van der Waals surface area contributed by atoms with Crippen LogP contribution in [0.5, 0.6) is 0 Å². The van der Waals surface area contributed by atoms with Crippen LogP contribution in [0.25, 0.3) is 5.65 Å². The van der Waals surface area contributed by atoms with Crippen molar-refractivity contribution in [2.75, 3.05) is 5.32 Å². The van der Waals surface area contributed by atoms with Crippen molar-refractivity contribution in [2.45, 2.75) is 12.8 Å². The van der Waals surface area contributed by atoms with Gasteiger partial charge in [-0.1, -0.05) is 29.4 Å². The van der Waals surface area contributed by atoms with Crippen molar-refractivity contribution in [1.82, 2.24) is 19.5 Å². The summed E-state index contributed by atoms with van der Waals surface area (Å²) in [4.78, 5) is 20.8. The smallest absolute Gasteiger partial charge is 0.232 e. The van der Waals surface area contributed by atoms with Gasteiger partial charge in [0.1, 0.15) is 5.65 Å². The predicted molar refractivity (Wildman–Crippen MR) is 91.1 cm³/mol. The molecule has 1 aromatic carbocycles. The van der Waals surface area contributed by atoms with E-state index >= 15 is 0 Å². The number of rotatable bonds is 5. The number of carbonyl (C=O) groups is 1. The van der Waals surface area contributed by atoms with Crippen LogP contribution in [-0.2, 0) is 17.6 Å². The zero-order valence-electron chi connectivity index (χ0n) is 13.3. The van der Waals surface area contributed by atoms with Gasteiger partial charge in [0.05, 0.1) is 18.5 Å². The van der Waals surface area contributed by atoms with Crippen LogP contribution >= 0.6 is 0 Å². The molecule has 0 aliphatic heterocycles. The molecule has 0 radical (unpaired) electrons. The molecule has 0 saturated carbocycles. The number of anilines is 1. The van der Waals surface area contributed by atoms with Crippen LogP contribution in [-0.4, -0.2) is 25.4 Å². The van der Waals surface area contributed by atoms with Crippen LogP contribution in [0.1, 0.15) is 17.4 Å². The van der Waals surface area contributed by atoms with Crippen molar-refractivity contribution in [1.29, 1.82) is 0 Å². The molecule has 25 heavy (non-hydrogen) atoms. The fourth-order valence-electron chi connectivity index (χ4n) is 2.53. The van der Waals surface area contributed by atoms with Gasteiger partial charge in [-0.15, -0.1) is 0 Å². The van der Waals surface area contributed by atoms with Crippen molar-refractivity contribution in [2.24, 2.45) is 0 Å². The average molecular weight is 333 g/mol. The Balaban J connectivity index is 1.40. The number of para-hydroxylation sites is 1. The van der Waals surface area contributed by atoms with Crippen molar-refractivity contribution in [3.05, 3.63) is 78.3 Å². The Kier molecular flexibility index (Phi) is 3.96. The van der Waals surface area contributed by atoms with Crippen molar-refractivity contribution in [3.63, 3.8) is 0 Å². The third-order valence-electron chi connectivity index (χ3n) is 3.63. The number of pyridine rings is 1. The number of carbonyl (C=O) groups excluding carboxylic acids is 1. The molecule has 1 N–H and O–H groups in total. The molecule has 0 fully saturated rings. The Morgan fingerprint density at radius 3 is 2.76 bits per heavy atom. The lowest BCUT2D eigenvalue weighted by molar-refractivity contribution is -0.115. The van der Waals surface area contributed by atoms with E-state index in [4.69, 9.17) is 4.52 Å². The number of amides is 1. The highest BCUT2D eigenvalue weighted by atomic mass is 16.5. The molecule has 7 nitrogen and oxygen atoms in total. The van der Waals surface area contributed by atoms with E-state index in [2.05, 4.69) is 20.4 Å². The van der Waals surface area contributed by atoms with E-state index in [1.54, 1.807) is 0 Å². The molecule has 0 bridgehead atoms. The fraction of sp³-hybridized carbons (Fsp3) is 0.111. The molecule has 0 aliphatic rings. The summed E-state index contributed by atoms with van der Waals surface area (Å²) < 4.78 is 7.16. The lowest BCUT2D eigenvalue weighted by Crippen LogP contribution is -2.15. The van der Waals surface area contributed by atoms with Gasteiger partial charge in [0.2, 0.25) is 11.8 Å². The zero-order valence-corrected chi connectivity index (χ0v) is 13.3. The normalized spacial score (nSPS) is 10.9. The lowest BCUT2D eigenvalue weighted by atomic mass is 10.3. The molecule has 3 aromatic heterocycles. The molecular weight excluding hydrogens is 318 g/mol. The summed E-state index contributed by atoms with van der Waals surface area (Å²) in [6, 6.07) is 15.0. The summed E-state index contributed by atoms with van der Waals surface area (Å²) in [6.45, 7) is 0. The van der Waals surface area contributed by atoms with Gasteiger partial charge in [-0.05, 0) is 24.3 Å². The van der Waals surface area contributed by atoms with Gasteiger partial charge in [-0.25, -0.2) is 4.98 Å². The summed E-state index contributed by atoms with van der Waals surface area (Å²) in [5.74, 6) is 0.601. The highest BCUT2D eigenvalue weighted by molar-refractivity contribution is 5.91. The number of fused-ring (bicyclic) bond motifs is 1. The maximum absolute atomic E-state index is 12.0.